The van der Waals surface area contributed by atoms with E-state index in [1.165, 1.54) is 9.60 Å². The van der Waals surface area contributed by atoms with Gasteiger partial charge in [-0.25, -0.2) is 14.8 Å². The molecule has 3 aromatic rings. The van der Waals surface area contributed by atoms with Crippen LogP contribution in [0, 0.1) is 0 Å². The summed E-state index contributed by atoms with van der Waals surface area (Å²) in [6.45, 7) is 1.04. The molecular weight excluding hydrogens is 402 g/mol. The molecule has 3 heterocycles. The Morgan fingerprint density at radius 1 is 1.17 bits per heavy atom. The summed E-state index contributed by atoms with van der Waals surface area (Å²) < 4.78 is 7.36. The molecule has 1 amide bonds. The molecule has 1 saturated carbocycles. The molecule has 2 aromatic heterocycles. The van der Waals surface area contributed by atoms with Gasteiger partial charge in [-0.2, -0.15) is 0 Å². The average Bonchev–Trinajstić information content (AvgIpc) is 3.15. The number of hydrogen-bond acceptors (Lipinski definition) is 7. The summed E-state index contributed by atoms with van der Waals surface area (Å²) in [7, 11) is 0. The van der Waals surface area contributed by atoms with Crippen molar-refractivity contribution >= 4 is 32.8 Å². The van der Waals surface area contributed by atoms with Crippen LogP contribution in [0.15, 0.2) is 36.7 Å². The van der Waals surface area contributed by atoms with E-state index in [1.807, 2.05) is 18.2 Å². The van der Waals surface area contributed by atoms with Gasteiger partial charge in [-0.3, -0.25) is 4.98 Å². The molecule has 8 nitrogen and oxygen atoms in total. The number of anilines is 1. The molecule has 2 aliphatic rings. The predicted octanol–water partition coefficient (Wildman–Crippen LogP) is 3.97. The number of para-hydroxylation sites is 1. The number of likely N-dealkylation sites (tertiary alicyclic amines) is 1. The second-order valence-electron chi connectivity index (χ2n) is 7.83. The van der Waals surface area contributed by atoms with Gasteiger partial charge in [0.1, 0.15) is 11.8 Å². The number of fused-ring (bicyclic) bond motifs is 1. The number of nitrogens with zero attached hydrogens (tertiary/aromatic N) is 4. The van der Waals surface area contributed by atoms with Gasteiger partial charge in [0.05, 0.1) is 10.2 Å². The van der Waals surface area contributed by atoms with E-state index < -0.39 is 6.09 Å². The van der Waals surface area contributed by atoms with Crippen molar-refractivity contribution in [2.24, 2.45) is 0 Å². The standard InChI is InChI=1S/C21H23N5O3S/c27-21(28)26-9-5-13(6-10-26)18-19(23-8-7-22-18)29-15-11-14(12-15)24-20-25-16-3-1-2-4-17(16)30-20/h1-4,7-8,13-15H,5-6,9-12H2,(H,24,25)(H,27,28)/t14-,15-. The summed E-state index contributed by atoms with van der Waals surface area (Å²) in [4.78, 5) is 26.2. The largest absolute Gasteiger partial charge is 0.473 e. The quantitative estimate of drug-likeness (QED) is 0.638. The fourth-order valence-electron chi connectivity index (χ4n) is 4.10. The molecule has 0 spiro atoms. The third kappa shape index (κ3) is 3.89. The minimum absolute atomic E-state index is 0.103. The highest BCUT2D eigenvalue weighted by molar-refractivity contribution is 7.22. The maximum Gasteiger partial charge on any atom is 0.407 e. The van der Waals surface area contributed by atoms with E-state index in [1.54, 1.807) is 23.7 Å². The number of thiazole rings is 1. The Morgan fingerprint density at radius 3 is 2.70 bits per heavy atom. The zero-order valence-corrected chi connectivity index (χ0v) is 17.2. The fraction of sp³-hybridized carbons (Fsp3) is 0.429. The minimum atomic E-state index is -0.856. The molecule has 9 heteroatoms. The van der Waals surface area contributed by atoms with Gasteiger partial charge in [0, 0.05) is 50.3 Å². The Labute approximate surface area is 177 Å². The van der Waals surface area contributed by atoms with Crippen molar-refractivity contribution in [3.63, 3.8) is 0 Å². The highest BCUT2D eigenvalue weighted by Gasteiger charge is 2.34. The molecule has 30 heavy (non-hydrogen) atoms. The van der Waals surface area contributed by atoms with Crippen LogP contribution in [-0.4, -0.2) is 56.3 Å². The molecule has 2 fully saturated rings. The number of aromatic nitrogens is 3. The van der Waals surface area contributed by atoms with Crippen LogP contribution in [0.3, 0.4) is 0 Å². The molecular formula is C21H23N5O3S. The number of nitrogens with one attached hydrogen (secondary N) is 1. The number of hydrogen-bond donors (Lipinski definition) is 2. The first-order chi connectivity index (χ1) is 14.7. The van der Waals surface area contributed by atoms with Gasteiger partial charge in [-0.15, -0.1) is 0 Å². The topological polar surface area (TPSA) is 100 Å². The fourth-order valence-corrected chi connectivity index (χ4v) is 5.04. The van der Waals surface area contributed by atoms with Crippen molar-refractivity contribution in [3.8, 4) is 5.88 Å². The average molecular weight is 426 g/mol. The van der Waals surface area contributed by atoms with Gasteiger partial charge in [-0.05, 0) is 25.0 Å². The molecule has 0 bridgehead atoms. The number of amides is 1. The Hall–Kier alpha value is -2.94. The van der Waals surface area contributed by atoms with E-state index in [4.69, 9.17) is 9.84 Å². The van der Waals surface area contributed by atoms with Gasteiger partial charge < -0.3 is 20.1 Å². The molecule has 0 atom stereocenters. The van der Waals surface area contributed by atoms with Crippen LogP contribution >= 0.6 is 11.3 Å². The summed E-state index contributed by atoms with van der Waals surface area (Å²) in [5, 5.41) is 13.6. The molecule has 1 saturated heterocycles. The summed E-state index contributed by atoms with van der Waals surface area (Å²) in [5.41, 5.74) is 1.88. The van der Waals surface area contributed by atoms with Crippen LogP contribution in [-0.2, 0) is 0 Å². The van der Waals surface area contributed by atoms with Gasteiger partial charge in [0.15, 0.2) is 5.13 Å². The normalized spacial score (nSPS) is 21.9. The van der Waals surface area contributed by atoms with Gasteiger partial charge >= 0.3 is 6.09 Å². The van der Waals surface area contributed by atoms with Crippen LogP contribution in [0.5, 0.6) is 5.88 Å². The van der Waals surface area contributed by atoms with Crippen molar-refractivity contribution in [2.45, 2.75) is 43.7 Å². The summed E-state index contributed by atoms with van der Waals surface area (Å²) in [6.07, 6.45) is 5.86. The number of rotatable bonds is 5. The van der Waals surface area contributed by atoms with E-state index in [9.17, 15) is 4.79 Å². The number of ether oxygens (including phenoxy) is 1. The van der Waals surface area contributed by atoms with Crippen molar-refractivity contribution in [2.75, 3.05) is 18.4 Å². The maximum atomic E-state index is 11.1. The van der Waals surface area contributed by atoms with Crippen molar-refractivity contribution in [1.82, 2.24) is 19.9 Å². The Kier molecular flexibility index (Phi) is 5.12. The Morgan fingerprint density at radius 2 is 1.93 bits per heavy atom. The lowest BCUT2D eigenvalue weighted by Crippen LogP contribution is -2.43. The third-order valence-corrected chi connectivity index (χ3v) is 6.81. The smallest absolute Gasteiger partial charge is 0.407 e. The number of benzene rings is 1. The molecule has 0 unspecified atom stereocenters. The molecule has 1 aliphatic carbocycles. The SMILES string of the molecule is O=C(O)N1CCC(c2nccnc2O[C@H]2C[C@H](Nc3nc4ccccc4s3)C2)CC1. The summed E-state index contributed by atoms with van der Waals surface area (Å²) in [6, 6.07) is 8.49. The van der Waals surface area contributed by atoms with E-state index >= 15 is 0 Å². The van der Waals surface area contributed by atoms with Gasteiger partial charge in [0.2, 0.25) is 5.88 Å². The minimum Gasteiger partial charge on any atom is -0.473 e. The molecule has 0 radical (unpaired) electrons. The van der Waals surface area contributed by atoms with Crippen molar-refractivity contribution < 1.29 is 14.6 Å². The lowest BCUT2D eigenvalue weighted by atomic mass is 9.89. The predicted molar refractivity (Wildman–Crippen MR) is 114 cm³/mol. The van der Waals surface area contributed by atoms with E-state index in [-0.39, 0.29) is 12.0 Å². The first-order valence-electron chi connectivity index (χ1n) is 10.2. The molecule has 5 rings (SSSR count). The van der Waals surface area contributed by atoms with Crippen LogP contribution in [0.1, 0.15) is 37.3 Å². The van der Waals surface area contributed by atoms with Crippen LogP contribution in [0.4, 0.5) is 9.93 Å². The first kappa shape index (κ1) is 19.0. The Balaban J connectivity index is 1.17. The van der Waals surface area contributed by atoms with Gasteiger partial charge in [0.25, 0.3) is 0 Å². The highest BCUT2D eigenvalue weighted by Crippen LogP contribution is 2.35. The lowest BCUT2D eigenvalue weighted by Gasteiger charge is -2.36. The number of carboxylic acid groups (broad SMARTS) is 1. The van der Waals surface area contributed by atoms with Crippen LogP contribution < -0.4 is 10.1 Å². The second kappa shape index (κ2) is 8.06. The van der Waals surface area contributed by atoms with Gasteiger partial charge in [-0.1, -0.05) is 23.5 Å². The van der Waals surface area contributed by atoms with E-state index in [0.29, 0.717) is 25.0 Å². The van der Waals surface area contributed by atoms with E-state index in [0.717, 1.165) is 42.0 Å². The third-order valence-electron chi connectivity index (χ3n) is 5.84. The molecule has 156 valence electrons. The zero-order chi connectivity index (χ0) is 20.5. The van der Waals surface area contributed by atoms with Crippen LogP contribution in [0.2, 0.25) is 0 Å². The number of carbonyl (C=O) groups is 1. The number of piperidine rings is 1. The van der Waals surface area contributed by atoms with Crippen LogP contribution in [0.25, 0.3) is 10.2 Å². The molecule has 1 aromatic carbocycles. The second-order valence-corrected chi connectivity index (χ2v) is 8.86. The maximum absolute atomic E-state index is 11.1. The monoisotopic (exact) mass is 425 g/mol. The van der Waals surface area contributed by atoms with Crippen molar-refractivity contribution in [3.05, 3.63) is 42.4 Å². The highest BCUT2D eigenvalue weighted by atomic mass is 32.1. The van der Waals surface area contributed by atoms with E-state index in [2.05, 4.69) is 26.3 Å². The molecule has 1 aliphatic heterocycles. The summed E-state index contributed by atoms with van der Waals surface area (Å²) >= 11 is 1.67. The zero-order valence-electron chi connectivity index (χ0n) is 16.4. The van der Waals surface area contributed by atoms with Crippen molar-refractivity contribution in [1.29, 1.82) is 0 Å². The summed E-state index contributed by atoms with van der Waals surface area (Å²) in [5.74, 6) is 0.774. The first-order valence-corrected chi connectivity index (χ1v) is 11.0. The Bertz CT molecular complexity index is 1010. The molecule has 2 N–H and O–H groups in total. The lowest BCUT2D eigenvalue weighted by molar-refractivity contribution is 0.0986.